The topological polar surface area (TPSA) is 95.9 Å². The number of para-hydroxylation sites is 1. The zero-order valence-corrected chi connectivity index (χ0v) is 17.6. The lowest BCUT2D eigenvalue weighted by Crippen LogP contribution is -2.56. The Morgan fingerprint density at radius 3 is 2.39 bits per heavy atom. The van der Waals surface area contributed by atoms with Gasteiger partial charge in [0, 0.05) is 6.04 Å². The van der Waals surface area contributed by atoms with Crippen LogP contribution >= 0.6 is 0 Å². The van der Waals surface area contributed by atoms with Gasteiger partial charge in [-0.3, -0.25) is 19.7 Å². The van der Waals surface area contributed by atoms with Crippen molar-refractivity contribution in [2.24, 2.45) is 11.8 Å². The summed E-state index contributed by atoms with van der Waals surface area (Å²) in [6.45, 7) is 2.01. The van der Waals surface area contributed by atoms with Crippen molar-refractivity contribution in [2.45, 2.75) is 37.8 Å². The molecular weight excluding hydrogens is 396 g/mol. The van der Waals surface area contributed by atoms with E-state index >= 15 is 0 Å². The van der Waals surface area contributed by atoms with Crippen LogP contribution in [0.15, 0.2) is 54.6 Å². The fraction of sp³-hybridized carbons (Fsp3) is 0.375. The van der Waals surface area contributed by atoms with Crippen molar-refractivity contribution in [1.82, 2.24) is 5.32 Å². The smallest absolute Gasteiger partial charge is 0.326 e. The molecule has 4 atom stereocenters. The highest BCUT2D eigenvalue weighted by Crippen LogP contribution is 2.51. The molecule has 7 heteroatoms. The number of imide groups is 1. The van der Waals surface area contributed by atoms with E-state index in [9.17, 15) is 19.5 Å². The molecule has 0 radical (unpaired) electrons. The van der Waals surface area contributed by atoms with Gasteiger partial charge < -0.3 is 9.84 Å². The molecule has 2 N–H and O–H groups in total. The van der Waals surface area contributed by atoms with Gasteiger partial charge in [-0.15, -0.1) is 0 Å². The number of hydrogen-bond acceptors (Lipinski definition) is 6. The minimum atomic E-state index is -1.30. The van der Waals surface area contributed by atoms with Gasteiger partial charge in [0.2, 0.25) is 11.8 Å². The first-order chi connectivity index (χ1) is 14.9. The second-order valence-corrected chi connectivity index (χ2v) is 8.13. The number of amides is 2. The first-order valence-corrected chi connectivity index (χ1v) is 10.5. The third kappa shape index (κ3) is 3.29. The maximum Gasteiger partial charge on any atom is 0.326 e. The molecule has 2 aromatic rings. The van der Waals surface area contributed by atoms with E-state index < -0.39 is 35.3 Å². The highest BCUT2D eigenvalue weighted by Gasteiger charge is 2.68. The van der Waals surface area contributed by atoms with Crippen molar-refractivity contribution in [3.05, 3.63) is 60.2 Å². The molecule has 2 aliphatic rings. The van der Waals surface area contributed by atoms with Crippen LogP contribution < -0.4 is 10.2 Å². The first kappa shape index (κ1) is 21.1. The number of phenolic OH excluding ortho intramolecular Hbond substituents is 1. The predicted octanol–water partition coefficient (Wildman–Crippen LogP) is 2.94. The van der Waals surface area contributed by atoms with Crippen LogP contribution in [0.5, 0.6) is 5.75 Å². The lowest BCUT2D eigenvalue weighted by atomic mass is 9.76. The molecule has 2 aliphatic heterocycles. The SMILES string of the molecule is CCCC[C@]1(C(=O)OC)N[C@H](c2ccc(O)cc2)[C@H]2C(=O)N(c3ccccc3)C(=O)[C@H]21. The van der Waals surface area contributed by atoms with Gasteiger partial charge in [-0.25, -0.2) is 4.90 Å². The number of hydrogen-bond donors (Lipinski definition) is 2. The van der Waals surface area contributed by atoms with Crippen molar-refractivity contribution in [1.29, 1.82) is 0 Å². The number of aromatic hydroxyl groups is 1. The molecule has 2 fully saturated rings. The van der Waals surface area contributed by atoms with Crippen LogP contribution in [-0.2, 0) is 19.1 Å². The van der Waals surface area contributed by atoms with Crippen molar-refractivity contribution < 1.29 is 24.2 Å². The van der Waals surface area contributed by atoms with E-state index in [0.29, 0.717) is 18.5 Å². The second kappa shape index (κ2) is 8.15. The number of carbonyl (C=O) groups excluding carboxylic acids is 3. The molecule has 2 saturated heterocycles. The van der Waals surface area contributed by atoms with Gasteiger partial charge in [-0.05, 0) is 36.2 Å². The number of ether oxygens (including phenoxy) is 1. The lowest BCUT2D eigenvalue weighted by Gasteiger charge is -2.32. The number of nitrogens with zero attached hydrogens (tertiary/aromatic N) is 1. The zero-order chi connectivity index (χ0) is 22.2. The highest BCUT2D eigenvalue weighted by molar-refractivity contribution is 6.24. The summed E-state index contributed by atoms with van der Waals surface area (Å²) >= 11 is 0. The molecule has 2 amide bonds. The van der Waals surface area contributed by atoms with Crippen LogP contribution in [-0.4, -0.2) is 35.5 Å². The molecule has 162 valence electrons. The molecule has 0 saturated carbocycles. The van der Waals surface area contributed by atoms with Crippen LogP contribution in [0.25, 0.3) is 0 Å². The molecule has 31 heavy (non-hydrogen) atoms. The predicted molar refractivity (Wildman–Crippen MR) is 114 cm³/mol. The third-order valence-corrected chi connectivity index (χ3v) is 6.40. The Morgan fingerprint density at radius 1 is 1.10 bits per heavy atom. The first-order valence-electron chi connectivity index (χ1n) is 10.5. The molecule has 0 unspecified atom stereocenters. The minimum absolute atomic E-state index is 0.100. The monoisotopic (exact) mass is 422 g/mol. The average molecular weight is 422 g/mol. The summed E-state index contributed by atoms with van der Waals surface area (Å²) in [5.74, 6) is -2.80. The largest absolute Gasteiger partial charge is 0.508 e. The third-order valence-electron chi connectivity index (χ3n) is 6.40. The molecule has 2 aromatic carbocycles. The number of esters is 1. The number of phenols is 1. The molecule has 0 bridgehead atoms. The second-order valence-electron chi connectivity index (χ2n) is 8.13. The lowest BCUT2D eigenvalue weighted by molar-refractivity contribution is -0.152. The fourth-order valence-electron chi connectivity index (χ4n) is 4.96. The number of benzene rings is 2. The quantitative estimate of drug-likeness (QED) is 0.549. The number of rotatable bonds is 6. The van der Waals surface area contributed by atoms with E-state index in [-0.39, 0.29) is 11.7 Å². The van der Waals surface area contributed by atoms with Gasteiger partial charge in [0.15, 0.2) is 0 Å². The Hall–Kier alpha value is -3.19. The van der Waals surface area contributed by atoms with Gasteiger partial charge in [0.05, 0.1) is 24.6 Å². The van der Waals surface area contributed by atoms with E-state index in [2.05, 4.69) is 5.32 Å². The van der Waals surface area contributed by atoms with Crippen molar-refractivity contribution in [3.8, 4) is 5.75 Å². The van der Waals surface area contributed by atoms with Gasteiger partial charge in [0.25, 0.3) is 0 Å². The normalized spacial score (nSPS) is 27.4. The maximum absolute atomic E-state index is 13.6. The summed E-state index contributed by atoms with van der Waals surface area (Å²) in [5.41, 5.74) is -0.0782. The molecular formula is C24H26N2O5. The summed E-state index contributed by atoms with van der Waals surface area (Å²) in [7, 11) is 1.30. The van der Waals surface area contributed by atoms with Crippen LogP contribution in [0, 0.1) is 11.8 Å². The molecule has 0 spiro atoms. The fourth-order valence-corrected chi connectivity index (χ4v) is 4.96. The Labute approximate surface area is 181 Å². The summed E-state index contributed by atoms with van der Waals surface area (Å²) in [4.78, 5) is 41.5. The van der Waals surface area contributed by atoms with E-state index in [1.165, 1.54) is 24.1 Å². The van der Waals surface area contributed by atoms with E-state index in [4.69, 9.17) is 4.74 Å². The summed E-state index contributed by atoms with van der Waals surface area (Å²) in [6.07, 6.45) is 1.90. The van der Waals surface area contributed by atoms with Crippen LogP contribution in [0.1, 0.15) is 37.8 Å². The minimum Gasteiger partial charge on any atom is -0.508 e. The van der Waals surface area contributed by atoms with Crippen LogP contribution in [0.2, 0.25) is 0 Å². The summed E-state index contributed by atoms with van der Waals surface area (Å²) in [5, 5.41) is 13.0. The van der Waals surface area contributed by atoms with Crippen molar-refractivity contribution in [2.75, 3.05) is 12.0 Å². The highest BCUT2D eigenvalue weighted by atomic mass is 16.5. The maximum atomic E-state index is 13.6. The van der Waals surface area contributed by atoms with Gasteiger partial charge in [-0.1, -0.05) is 50.1 Å². The zero-order valence-electron chi connectivity index (χ0n) is 17.6. The van der Waals surface area contributed by atoms with Gasteiger partial charge >= 0.3 is 5.97 Å². The Balaban J connectivity index is 1.85. The Bertz CT molecular complexity index is 991. The standard InChI is InChI=1S/C24H26N2O5/c1-3-4-14-24(23(30)31-2)19-18(20(25-24)15-10-12-17(27)13-11-15)21(28)26(22(19)29)16-8-6-5-7-9-16/h5-13,18-20,25,27H,3-4,14H2,1-2H3/t18-,19-,20+,24-/m0/s1. The van der Waals surface area contributed by atoms with Crippen LogP contribution in [0.3, 0.4) is 0 Å². The average Bonchev–Trinajstić information content (AvgIpc) is 3.27. The number of unbranched alkanes of at least 4 members (excludes halogenated alkanes) is 1. The van der Waals surface area contributed by atoms with Crippen LogP contribution in [0.4, 0.5) is 5.69 Å². The number of methoxy groups -OCH3 is 1. The molecule has 2 heterocycles. The number of fused-ring (bicyclic) bond motifs is 1. The van der Waals surface area contributed by atoms with Crippen molar-refractivity contribution in [3.63, 3.8) is 0 Å². The molecule has 0 aliphatic carbocycles. The van der Waals surface area contributed by atoms with Crippen molar-refractivity contribution >= 4 is 23.5 Å². The number of carbonyl (C=O) groups is 3. The van der Waals surface area contributed by atoms with Gasteiger partial charge in [-0.2, -0.15) is 0 Å². The molecule has 7 nitrogen and oxygen atoms in total. The Morgan fingerprint density at radius 2 is 1.77 bits per heavy atom. The molecule has 0 aromatic heterocycles. The summed E-state index contributed by atoms with van der Waals surface area (Å²) in [6, 6.07) is 14.7. The van der Waals surface area contributed by atoms with E-state index in [0.717, 1.165) is 12.0 Å². The Kier molecular flexibility index (Phi) is 5.54. The number of nitrogens with one attached hydrogen (secondary N) is 1. The van der Waals surface area contributed by atoms with Gasteiger partial charge in [0.1, 0.15) is 11.3 Å². The summed E-state index contributed by atoms with van der Waals surface area (Å²) < 4.78 is 5.15. The number of anilines is 1. The van der Waals surface area contributed by atoms with E-state index in [1.54, 1.807) is 36.4 Å². The molecule has 4 rings (SSSR count). The van der Waals surface area contributed by atoms with E-state index in [1.807, 2.05) is 13.0 Å².